The number of carboxylic acids is 1. The molecule has 0 aliphatic heterocycles. The maximum Gasteiger partial charge on any atom is 1.00 e. The van der Waals surface area contributed by atoms with Gasteiger partial charge in [0.1, 0.15) is 0 Å². The van der Waals surface area contributed by atoms with Crippen LogP contribution in [-0.4, -0.2) is 42.7 Å². The van der Waals surface area contributed by atoms with Gasteiger partial charge in [0.25, 0.3) is 0 Å². The molecule has 1 atom stereocenters. The molecule has 0 aliphatic carbocycles. The molecule has 0 rings (SSSR count). The average Bonchev–Trinajstić information content (AvgIpc) is 1.58. The van der Waals surface area contributed by atoms with Gasteiger partial charge in [-0.1, -0.05) is 0 Å². The third kappa shape index (κ3) is 9.99. The van der Waals surface area contributed by atoms with E-state index in [1.807, 2.05) is 0 Å². The second-order valence-electron chi connectivity index (χ2n) is 2.49. The van der Waals surface area contributed by atoms with Crippen molar-refractivity contribution in [2.45, 2.75) is 12.5 Å². The summed E-state index contributed by atoms with van der Waals surface area (Å²) >= 11 is 0. The Morgan fingerprint density at radius 3 is 2.36 bits per heavy atom. The Morgan fingerprint density at radius 1 is 1.64 bits per heavy atom. The molecule has 0 aliphatic rings. The Labute approximate surface area is 78.4 Å². The number of carbonyl (C=O) groups excluding carboxylic acids is 1. The van der Waals surface area contributed by atoms with E-state index in [1.54, 1.807) is 19.0 Å². The first kappa shape index (κ1) is 13.6. The van der Waals surface area contributed by atoms with Gasteiger partial charge in [0, 0.05) is 18.9 Å². The van der Waals surface area contributed by atoms with Gasteiger partial charge in [0.05, 0.1) is 6.10 Å². The van der Waals surface area contributed by atoms with Crippen LogP contribution in [0.1, 0.15) is 6.42 Å². The number of aliphatic hydroxyl groups excluding tert-OH is 1. The summed E-state index contributed by atoms with van der Waals surface area (Å²) in [4.78, 5) is 11.6. The van der Waals surface area contributed by atoms with Gasteiger partial charge in [-0.25, -0.2) is 0 Å². The summed E-state index contributed by atoms with van der Waals surface area (Å²) in [7, 11) is 3.52. The van der Waals surface area contributed by atoms with Crippen LogP contribution in [0, 0.1) is 0 Å². The van der Waals surface area contributed by atoms with Crippen molar-refractivity contribution in [2.75, 3.05) is 20.6 Å². The summed E-state index contributed by atoms with van der Waals surface area (Å²) in [5.74, 6) is -1.21. The summed E-state index contributed by atoms with van der Waals surface area (Å²) in [5, 5.41) is 18.8. The molecule has 0 aromatic carbocycles. The smallest absolute Gasteiger partial charge is 0.550 e. The van der Waals surface area contributed by atoms with Crippen LogP contribution in [0.3, 0.4) is 0 Å². The number of hydrogen-bond acceptors (Lipinski definition) is 4. The fraction of sp³-hybridized carbons (Fsp3) is 0.833. The van der Waals surface area contributed by atoms with E-state index >= 15 is 0 Å². The van der Waals surface area contributed by atoms with Crippen LogP contribution in [0.5, 0.6) is 0 Å². The molecule has 0 amide bonds. The molecule has 4 nitrogen and oxygen atoms in total. The standard InChI is InChI=1S/C6H13NO3.Li/c1-7(2)4-5(8)3-6(9)10;/h5,8H,3-4H2,1-2H3,(H,9,10);/q;+1/p-1. The molecule has 0 fully saturated rings. The Morgan fingerprint density at radius 2 is 2.09 bits per heavy atom. The molecule has 1 N–H and O–H groups in total. The second kappa shape index (κ2) is 6.68. The molecule has 60 valence electrons. The van der Waals surface area contributed by atoms with Crippen LogP contribution in [0.15, 0.2) is 0 Å². The van der Waals surface area contributed by atoms with Crippen molar-refractivity contribution in [1.82, 2.24) is 4.90 Å². The number of nitrogens with zero attached hydrogens (tertiary/aromatic N) is 1. The third-order valence-electron chi connectivity index (χ3n) is 0.978. The number of likely N-dealkylation sites (N-methyl/N-ethyl adjacent to an activating group) is 1. The molecule has 0 aromatic rings. The van der Waals surface area contributed by atoms with Gasteiger partial charge >= 0.3 is 18.9 Å². The van der Waals surface area contributed by atoms with E-state index in [-0.39, 0.29) is 25.3 Å². The summed E-state index contributed by atoms with van der Waals surface area (Å²) in [6.45, 7) is 0.355. The summed E-state index contributed by atoms with van der Waals surface area (Å²) < 4.78 is 0. The van der Waals surface area contributed by atoms with Gasteiger partial charge in [0.15, 0.2) is 0 Å². The quantitative estimate of drug-likeness (QED) is 0.411. The van der Waals surface area contributed by atoms with Crippen LogP contribution in [0.4, 0.5) is 0 Å². The molecule has 0 aromatic heterocycles. The summed E-state index contributed by atoms with van der Waals surface area (Å²) in [6.07, 6.45) is -1.11. The van der Waals surface area contributed by atoms with E-state index in [0.29, 0.717) is 6.54 Å². The van der Waals surface area contributed by atoms with Crippen molar-refractivity contribution in [3.05, 3.63) is 0 Å². The predicted octanol–water partition coefficient (Wildman–Crippen LogP) is -4.95. The predicted molar refractivity (Wildman–Crippen MR) is 34.2 cm³/mol. The summed E-state index contributed by atoms with van der Waals surface area (Å²) in [5.41, 5.74) is 0. The molecule has 0 spiro atoms. The van der Waals surface area contributed by atoms with Gasteiger partial charge in [-0.05, 0) is 14.1 Å². The van der Waals surface area contributed by atoms with E-state index in [9.17, 15) is 9.90 Å². The molecular weight excluding hydrogens is 141 g/mol. The van der Waals surface area contributed by atoms with Gasteiger partial charge < -0.3 is 19.9 Å². The number of carboxylic acid groups (broad SMARTS) is 1. The van der Waals surface area contributed by atoms with E-state index < -0.39 is 12.1 Å². The minimum atomic E-state index is -1.21. The van der Waals surface area contributed by atoms with Gasteiger partial charge in [0.2, 0.25) is 0 Å². The topological polar surface area (TPSA) is 63.6 Å². The molecule has 0 saturated heterocycles. The Balaban J connectivity index is 0. The van der Waals surface area contributed by atoms with Crippen molar-refractivity contribution < 1.29 is 33.9 Å². The maximum absolute atomic E-state index is 9.90. The minimum Gasteiger partial charge on any atom is -0.550 e. The van der Waals surface area contributed by atoms with Crippen LogP contribution in [0.2, 0.25) is 0 Å². The number of rotatable bonds is 4. The Hall–Kier alpha value is -0.0126. The normalized spacial score (nSPS) is 12.4. The van der Waals surface area contributed by atoms with Crippen molar-refractivity contribution in [2.24, 2.45) is 0 Å². The van der Waals surface area contributed by atoms with Crippen molar-refractivity contribution in [3.8, 4) is 0 Å². The minimum absolute atomic E-state index is 0. The van der Waals surface area contributed by atoms with Crippen LogP contribution in [-0.2, 0) is 4.79 Å². The first-order valence-electron chi connectivity index (χ1n) is 3.05. The monoisotopic (exact) mass is 153 g/mol. The van der Waals surface area contributed by atoms with E-state index in [4.69, 9.17) is 5.11 Å². The molecule has 0 heterocycles. The van der Waals surface area contributed by atoms with E-state index in [0.717, 1.165) is 0 Å². The van der Waals surface area contributed by atoms with E-state index in [1.165, 1.54) is 0 Å². The SMILES string of the molecule is CN(C)CC(O)CC(=O)[O-].[Li+]. The zero-order valence-electron chi connectivity index (χ0n) is 7.20. The first-order valence-corrected chi connectivity index (χ1v) is 3.05. The van der Waals surface area contributed by atoms with Crippen LogP contribution < -0.4 is 24.0 Å². The number of aliphatic hydroxyl groups is 1. The fourth-order valence-corrected chi connectivity index (χ4v) is 0.678. The molecule has 11 heavy (non-hydrogen) atoms. The van der Waals surface area contributed by atoms with Crippen LogP contribution in [0.25, 0.3) is 0 Å². The number of carbonyl (C=O) groups is 1. The molecule has 5 heteroatoms. The maximum atomic E-state index is 9.90. The Bertz CT molecular complexity index is 118. The second-order valence-corrected chi connectivity index (χ2v) is 2.49. The molecule has 0 saturated carbocycles. The van der Waals surface area contributed by atoms with Crippen molar-refractivity contribution >= 4 is 5.97 Å². The largest absolute Gasteiger partial charge is 1.00 e. The van der Waals surface area contributed by atoms with Crippen LogP contribution >= 0.6 is 0 Å². The number of hydrogen-bond donors (Lipinski definition) is 1. The fourth-order valence-electron chi connectivity index (χ4n) is 0.678. The van der Waals surface area contributed by atoms with Gasteiger partial charge in [-0.3, -0.25) is 0 Å². The third-order valence-corrected chi connectivity index (χ3v) is 0.978. The number of aliphatic carboxylic acids is 1. The zero-order chi connectivity index (χ0) is 8.15. The average molecular weight is 153 g/mol. The van der Waals surface area contributed by atoms with Gasteiger partial charge in [-0.15, -0.1) is 0 Å². The molecule has 1 unspecified atom stereocenters. The summed E-state index contributed by atoms with van der Waals surface area (Å²) in [6, 6.07) is 0. The molecular formula is C6H12LiNO3. The first-order chi connectivity index (χ1) is 4.52. The van der Waals surface area contributed by atoms with Crippen molar-refractivity contribution in [3.63, 3.8) is 0 Å². The van der Waals surface area contributed by atoms with Crippen molar-refractivity contribution in [1.29, 1.82) is 0 Å². The zero-order valence-corrected chi connectivity index (χ0v) is 7.20. The Kier molecular flexibility index (Phi) is 8.24. The van der Waals surface area contributed by atoms with Gasteiger partial charge in [-0.2, -0.15) is 0 Å². The molecule has 0 bridgehead atoms. The van der Waals surface area contributed by atoms with E-state index in [2.05, 4.69) is 0 Å². The molecule has 0 radical (unpaired) electrons.